The van der Waals surface area contributed by atoms with Crippen molar-refractivity contribution in [2.45, 2.75) is 0 Å². The summed E-state index contributed by atoms with van der Waals surface area (Å²) in [6, 6.07) is 11.2. The molecule has 0 radical (unpaired) electrons. The number of hydrazine groups is 1. The summed E-state index contributed by atoms with van der Waals surface area (Å²) in [5, 5.41) is 3.09. The molecule has 4 heteroatoms. The Morgan fingerprint density at radius 2 is 1.82 bits per heavy atom. The van der Waals surface area contributed by atoms with Gasteiger partial charge in [-0.25, -0.2) is 5.84 Å². The molecule has 88 valence electrons. The molecule has 0 bridgehead atoms. The van der Waals surface area contributed by atoms with Crippen LogP contribution in [0.4, 0.5) is 0 Å². The number of carbonyl (C=O) groups excluding carboxylic acids is 1. The molecule has 0 saturated heterocycles. The number of hydrogen-bond donors (Lipinski definition) is 1. The molecule has 1 amide bonds. The Balaban J connectivity index is 2.48. The average Bonchev–Trinajstić information content (AvgIpc) is 2.36. The molecule has 0 heterocycles. The van der Waals surface area contributed by atoms with E-state index in [9.17, 15) is 4.79 Å². The fraction of sp³-hybridized carbons (Fsp3) is 0.154. The van der Waals surface area contributed by atoms with Gasteiger partial charge in [-0.1, -0.05) is 12.1 Å². The van der Waals surface area contributed by atoms with Crippen LogP contribution in [0.2, 0.25) is 0 Å². The predicted octanol–water partition coefficient (Wildman–Crippen LogP) is 1.79. The second-order valence-electron chi connectivity index (χ2n) is 3.84. The lowest BCUT2D eigenvalue weighted by atomic mass is 10.1. The van der Waals surface area contributed by atoms with Crippen LogP contribution in [0.15, 0.2) is 36.4 Å². The molecule has 0 atom stereocenters. The van der Waals surface area contributed by atoms with E-state index >= 15 is 0 Å². The normalized spacial score (nSPS) is 10.3. The van der Waals surface area contributed by atoms with E-state index in [1.54, 1.807) is 13.2 Å². The van der Waals surface area contributed by atoms with E-state index in [0.29, 0.717) is 5.56 Å². The van der Waals surface area contributed by atoms with Crippen LogP contribution in [0.3, 0.4) is 0 Å². The van der Waals surface area contributed by atoms with Gasteiger partial charge in [0, 0.05) is 12.6 Å². The van der Waals surface area contributed by atoms with Crippen molar-refractivity contribution in [2.75, 3.05) is 14.2 Å². The maximum absolute atomic E-state index is 11.7. The second-order valence-corrected chi connectivity index (χ2v) is 3.84. The SMILES string of the molecule is COc1ccc2cc(C(=O)N(C)N)ccc2c1. The third kappa shape index (κ3) is 2.21. The molecule has 0 aliphatic rings. The second kappa shape index (κ2) is 4.43. The van der Waals surface area contributed by atoms with Gasteiger partial charge in [-0.3, -0.25) is 9.80 Å². The quantitative estimate of drug-likeness (QED) is 0.486. The number of nitrogens with zero attached hydrogens (tertiary/aromatic N) is 1. The number of benzene rings is 2. The highest BCUT2D eigenvalue weighted by molar-refractivity contribution is 5.98. The monoisotopic (exact) mass is 230 g/mol. The van der Waals surface area contributed by atoms with Gasteiger partial charge in [-0.2, -0.15) is 0 Å². The van der Waals surface area contributed by atoms with Gasteiger partial charge in [0.15, 0.2) is 0 Å². The van der Waals surface area contributed by atoms with Gasteiger partial charge in [-0.05, 0) is 35.0 Å². The molecular formula is C13H14N2O2. The van der Waals surface area contributed by atoms with Gasteiger partial charge in [-0.15, -0.1) is 0 Å². The first-order valence-electron chi connectivity index (χ1n) is 5.22. The van der Waals surface area contributed by atoms with Crippen LogP contribution in [0.25, 0.3) is 10.8 Å². The molecule has 0 aliphatic carbocycles. The Bertz CT molecular complexity index is 564. The van der Waals surface area contributed by atoms with Gasteiger partial charge in [0.1, 0.15) is 5.75 Å². The average molecular weight is 230 g/mol. The number of carbonyl (C=O) groups is 1. The summed E-state index contributed by atoms with van der Waals surface area (Å²) < 4.78 is 5.14. The molecule has 17 heavy (non-hydrogen) atoms. The number of rotatable bonds is 2. The summed E-state index contributed by atoms with van der Waals surface area (Å²) in [7, 11) is 3.16. The Hall–Kier alpha value is -2.07. The minimum absolute atomic E-state index is 0.206. The topological polar surface area (TPSA) is 55.6 Å². The number of nitrogens with two attached hydrogens (primary N) is 1. The van der Waals surface area contributed by atoms with Crippen LogP contribution in [0.1, 0.15) is 10.4 Å². The zero-order chi connectivity index (χ0) is 12.4. The number of amides is 1. The molecule has 0 aromatic heterocycles. The van der Waals surface area contributed by atoms with Crippen LogP contribution < -0.4 is 10.6 Å². The highest BCUT2D eigenvalue weighted by Crippen LogP contribution is 2.22. The van der Waals surface area contributed by atoms with Gasteiger partial charge in [0.05, 0.1) is 7.11 Å². The third-order valence-corrected chi connectivity index (χ3v) is 2.61. The summed E-state index contributed by atoms with van der Waals surface area (Å²) >= 11 is 0. The Kier molecular flexibility index (Phi) is 2.97. The smallest absolute Gasteiger partial charge is 0.267 e. The largest absolute Gasteiger partial charge is 0.497 e. The third-order valence-electron chi connectivity index (χ3n) is 2.61. The lowest BCUT2D eigenvalue weighted by Gasteiger charge is -2.10. The first kappa shape index (κ1) is 11.4. The van der Waals surface area contributed by atoms with E-state index in [-0.39, 0.29) is 5.91 Å². The van der Waals surface area contributed by atoms with Gasteiger partial charge < -0.3 is 4.74 Å². The van der Waals surface area contributed by atoms with Crippen molar-refractivity contribution < 1.29 is 9.53 Å². The summed E-state index contributed by atoms with van der Waals surface area (Å²) in [6.45, 7) is 0. The molecule has 2 N–H and O–H groups in total. The number of ether oxygens (including phenoxy) is 1. The zero-order valence-corrected chi connectivity index (χ0v) is 9.81. The Labute approximate surface area is 99.6 Å². The highest BCUT2D eigenvalue weighted by atomic mass is 16.5. The number of methoxy groups -OCH3 is 1. The Morgan fingerprint density at radius 3 is 2.47 bits per heavy atom. The molecule has 0 aliphatic heterocycles. The minimum atomic E-state index is -0.206. The van der Waals surface area contributed by atoms with Crippen LogP contribution in [-0.4, -0.2) is 25.1 Å². The molecule has 0 saturated carbocycles. The van der Waals surface area contributed by atoms with Crippen LogP contribution in [-0.2, 0) is 0 Å². The summed E-state index contributed by atoms with van der Waals surface area (Å²) in [6.07, 6.45) is 0. The predicted molar refractivity (Wildman–Crippen MR) is 66.8 cm³/mol. The van der Waals surface area contributed by atoms with Gasteiger partial charge in [0.2, 0.25) is 0 Å². The lowest BCUT2D eigenvalue weighted by molar-refractivity contribution is 0.0795. The van der Waals surface area contributed by atoms with Gasteiger partial charge in [0.25, 0.3) is 5.91 Å². The van der Waals surface area contributed by atoms with E-state index in [4.69, 9.17) is 10.6 Å². The molecule has 2 aromatic carbocycles. The first-order chi connectivity index (χ1) is 8.11. The molecule has 2 rings (SSSR count). The molecule has 2 aromatic rings. The van der Waals surface area contributed by atoms with Crippen LogP contribution in [0, 0.1) is 0 Å². The van der Waals surface area contributed by atoms with E-state index < -0.39 is 0 Å². The molecular weight excluding hydrogens is 216 g/mol. The van der Waals surface area contributed by atoms with E-state index in [2.05, 4.69) is 0 Å². The molecule has 4 nitrogen and oxygen atoms in total. The van der Waals surface area contributed by atoms with Gasteiger partial charge >= 0.3 is 0 Å². The van der Waals surface area contributed by atoms with Crippen molar-refractivity contribution in [3.05, 3.63) is 42.0 Å². The minimum Gasteiger partial charge on any atom is -0.497 e. The Morgan fingerprint density at radius 1 is 1.18 bits per heavy atom. The van der Waals surface area contributed by atoms with Crippen molar-refractivity contribution in [1.82, 2.24) is 5.01 Å². The maximum atomic E-state index is 11.7. The summed E-state index contributed by atoms with van der Waals surface area (Å²) in [4.78, 5) is 11.7. The fourth-order valence-electron chi connectivity index (χ4n) is 1.69. The summed E-state index contributed by atoms with van der Waals surface area (Å²) in [5.41, 5.74) is 0.577. The molecule has 0 fully saturated rings. The van der Waals surface area contributed by atoms with Crippen molar-refractivity contribution in [3.8, 4) is 5.75 Å². The van der Waals surface area contributed by atoms with Crippen molar-refractivity contribution in [1.29, 1.82) is 0 Å². The van der Waals surface area contributed by atoms with Crippen molar-refractivity contribution in [2.24, 2.45) is 5.84 Å². The highest BCUT2D eigenvalue weighted by Gasteiger charge is 2.08. The zero-order valence-electron chi connectivity index (χ0n) is 9.81. The lowest BCUT2D eigenvalue weighted by Crippen LogP contribution is -2.32. The molecule has 0 unspecified atom stereocenters. The summed E-state index contributed by atoms with van der Waals surface area (Å²) in [5.74, 6) is 6.01. The number of fused-ring (bicyclic) bond motifs is 1. The standard InChI is InChI=1S/C13H14N2O2/c1-15(14)13(16)11-4-3-10-8-12(17-2)6-5-9(10)7-11/h3-8H,14H2,1-2H3. The van der Waals surface area contributed by atoms with E-state index in [1.165, 1.54) is 7.05 Å². The van der Waals surface area contributed by atoms with Crippen LogP contribution in [0.5, 0.6) is 5.75 Å². The fourth-order valence-corrected chi connectivity index (χ4v) is 1.69. The number of hydrogen-bond acceptors (Lipinski definition) is 3. The molecule has 0 spiro atoms. The van der Waals surface area contributed by atoms with Crippen LogP contribution >= 0.6 is 0 Å². The van der Waals surface area contributed by atoms with E-state index in [0.717, 1.165) is 21.5 Å². The van der Waals surface area contributed by atoms with E-state index in [1.807, 2.05) is 30.3 Å². The van der Waals surface area contributed by atoms with Crippen molar-refractivity contribution in [3.63, 3.8) is 0 Å². The first-order valence-corrected chi connectivity index (χ1v) is 5.22. The maximum Gasteiger partial charge on any atom is 0.267 e. The van der Waals surface area contributed by atoms with Crippen molar-refractivity contribution >= 4 is 16.7 Å².